The largest absolute Gasteiger partial charge is 0.441 e. The zero-order valence-electron chi connectivity index (χ0n) is 14.6. The Hall–Kier alpha value is -3.41. The van der Waals surface area contributed by atoms with Crippen LogP contribution in [0.3, 0.4) is 0 Å². The van der Waals surface area contributed by atoms with E-state index in [9.17, 15) is 4.79 Å². The summed E-state index contributed by atoms with van der Waals surface area (Å²) < 4.78 is 7.27. The Labute approximate surface area is 150 Å². The molecule has 0 radical (unpaired) electrons. The van der Waals surface area contributed by atoms with E-state index in [-0.39, 0.29) is 5.91 Å². The Morgan fingerprint density at radius 3 is 2.77 bits per heavy atom. The maximum atomic E-state index is 12.8. The van der Waals surface area contributed by atoms with Gasteiger partial charge in [0.2, 0.25) is 0 Å². The zero-order valence-corrected chi connectivity index (χ0v) is 14.6. The highest BCUT2D eigenvalue weighted by atomic mass is 16.3. The highest BCUT2D eigenvalue weighted by molar-refractivity contribution is 6.05. The van der Waals surface area contributed by atoms with Crippen molar-refractivity contribution in [3.63, 3.8) is 0 Å². The molecule has 4 aromatic rings. The number of carbonyl (C=O) groups excluding carboxylic acids is 1. The van der Waals surface area contributed by atoms with Gasteiger partial charge in [0.05, 0.1) is 23.1 Å². The SMILES string of the molecule is CCc1c(C(=O)Nc2ccc3oc(C)nc3c2)cnn1-c1ccccc1. The van der Waals surface area contributed by atoms with E-state index in [0.29, 0.717) is 29.1 Å². The number of oxazole rings is 1. The van der Waals surface area contributed by atoms with Crippen molar-refractivity contribution in [3.8, 4) is 5.69 Å². The normalized spacial score (nSPS) is 11.0. The molecule has 4 rings (SSSR count). The van der Waals surface area contributed by atoms with Crippen LogP contribution in [0.1, 0.15) is 28.9 Å². The number of aryl methyl sites for hydroxylation is 1. The first kappa shape index (κ1) is 16.1. The minimum absolute atomic E-state index is 0.191. The predicted octanol–water partition coefficient (Wildman–Crippen LogP) is 4.14. The van der Waals surface area contributed by atoms with Gasteiger partial charge < -0.3 is 9.73 Å². The van der Waals surface area contributed by atoms with Gasteiger partial charge in [-0.15, -0.1) is 0 Å². The highest BCUT2D eigenvalue weighted by Gasteiger charge is 2.17. The van der Waals surface area contributed by atoms with Crippen molar-refractivity contribution < 1.29 is 9.21 Å². The topological polar surface area (TPSA) is 73.0 Å². The average molecular weight is 346 g/mol. The molecule has 0 unspecified atom stereocenters. The monoisotopic (exact) mass is 346 g/mol. The summed E-state index contributed by atoms with van der Waals surface area (Å²) >= 11 is 0. The van der Waals surface area contributed by atoms with Crippen molar-refractivity contribution in [2.75, 3.05) is 5.32 Å². The van der Waals surface area contributed by atoms with Crippen molar-refractivity contribution >= 4 is 22.7 Å². The molecule has 2 aromatic carbocycles. The van der Waals surface area contributed by atoms with Crippen LogP contribution >= 0.6 is 0 Å². The molecule has 0 saturated heterocycles. The summed E-state index contributed by atoms with van der Waals surface area (Å²) in [7, 11) is 0. The molecule has 130 valence electrons. The van der Waals surface area contributed by atoms with Gasteiger partial charge in [-0.2, -0.15) is 5.10 Å². The fourth-order valence-electron chi connectivity index (χ4n) is 3.01. The van der Waals surface area contributed by atoms with E-state index in [1.807, 2.05) is 37.3 Å². The van der Waals surface area contributed by atoms with Gasteiger partial charge in [0, 0.05) is 12.6 Å². The first-order valence-corrected chi connectivity index (χ1v) is 8.46. The van der Waals surface area contributed by atoms with Crippen LogP contribution in [0.25, 0.3) is 16.8 Å². The first-order chi connectivity index (χ1) is 12.7. The molecule has 2 heterocycles. The molecule has 6 nitrogen and oxygen atoms in total. The molecule has 6 heteroatoms. The highest BCUT2D eigenvalue weighted by Crippen LogP contribution is 2.21. The zero-order chi connectivity index (χ0) is 18.1. The Bertz CT molecular complexity index is 1080. The van der Waals surface area contributed by atoms with Crippen LogP contribution in [0, 0.1) is 6.92 Å². The number of benzene rings is 2. The summed E-state index contributed by atoms with van der Waals surface area (Å²) in [6.07, 6.45) is 2.30. The minimum atomic E-state index is -0.191. The van der Waals surface area contributed by atoms with Gasteiger partial charge in [0.1, 0.15) is 5.52 Å². The third-order valence-electron chi connectivity index (χ3n) is 4.20. The quantitative estimate of drug-likeness (QED) is 0.603. The van der Waals surface area contributed by atoms with Crippen LogP contribution in [0.5, 0.6) is 0 Å². The summed E-state index contributed by atoms with van der Waals surface area (Å²) in [6.45, 7) is 3.81. The molecule has 0 aliphatic rings. The maximum Gasteiger partial charge on any atom is 0.259 e. The molecule has 1 amide bonds. The van der Waals surface area contributed by atoms with Crippen molar-refractivity contribution in [2.45, 2.75) is 20.3 Å². The molecule has 1 N–H and O–H groups in total. The minimum Gasteiger partial charge on any atom is -0.441 e. The third-order valence-corrected chi connectivity index (χ3v) is 4.20. The number of fused-ring (bicyclic) bond motifs is 1. The number of carbonyl (C=O) groups is 1. The lowest BCUT2D eigenvalue weighted by Crippen LogP contribution is -2.14. The number of nitrogens with zero attached hydrogens (tertiary/aromatic N) is 3. The Morgan fingerprint density at radius 2 is 2.00 bits per heavy atom. The number of aromatic nitrogens is 3. The van der Waals surface area contributed by atoms with Crippen LogP contribution in [0.15, 0.2) is 59.1 Å². The summed E-state index contributed by atoms with van der Waals surface area (Å²) in [5.74, 6) is 0.407. The van der Waals surface area contributed by atoms with Crippen LogP contribution in [-0.2, 0) is 6.42 Å². The number of hydrogen-bond donors (Lipinski definition) is 1. The van der Waals surface area contributed by atoms with Gasteiger partial charge in [0.15, 0.2) is 11.5 Å². The van der Waals surface area contributed by atoms with Crippen LogP contribution in [0.2, 0.25) is 0 Å². The molecule has 2 aromatic heterocycles. The number of rotatable bonds is 4. The number of amides is 1. The summed E-state index contributed by atoms with van der Waals surface area (Å²) in [5, 5.41) is 7.33. The van der Waals surface area contributed by atoms with E-state index in [1.165, 1.54) is 0 Å². The van der Waals surface area contributed by atoms with E-state index >= 15 is 0 Å². The smallest absolute Gasteiger partial charge is 0.259 e. The van der Waals surface area contributed by atoms with Gasteiger partial charge in [-0.3, -0.25) is 4.79 Å². The predicted molar refractivity (Wildman–Crippen MR) is 99.6 cm³/mol. The summed E-state index contributed by atoms with van der Waals surface area (Å²) in [5.41, 5.74) is 4.45. The van der Waals surface area contributed by atoms with E-state index in [4.69, 9.17) is 4.42 Å². The number of hydrogen-bond acceptors (Lipinski definition) is 4. The van der Waals surface area contributed by atoms with Crippen molar-refractivity contribution in [1.82, 2.24) is 14.8 Å². The lowest BCUT2D eigenvalue weighted by molar-refractivity contribution is 0.102. The fourth-order valence-corrected chi connectivity index (χ4v) is 3.01. The van der Waals surface area contributed by atoms with E-state index in [0.717, 1.165) is 16.9 Å². The molecule has 0 saturated carbocycles. The van der Waals surface area contributed by atoms with Gasteiger partial charge in [0.25, 0.3) is 5.91 Å². The van der Waals surface area contributed by atoms with Crippen molar-refractivity contribution in [1.29, 1.82) is 0 Å². The molecular formula is C20H18N4O2. The number of anilines is 1. The summed E-state index contributed by atoms with van der Waals surface area (Å²) in [4.78, 5) is 17.1. The van der Waals surface area contributed by atoms with Gasteiger partial charge in [-0.05, 0) is 36.8 Å². The second kappa shape index (κ2) is 6.48. The lowest BCUT2D eigenvalue weighted by atomic mass is 10.1. The van der Waals surface area contributed by atoms with E-state index in [1.54, 1.807) is 36.0 Å². The molecule has 0 atom stereocenters. The number of para-hydroxylation sites is 1. The van der Waals surface area contributed by atoms with E-state index < -0.39 is 0 Å². The van der Waals surface area contributed by atoms with Gasteiger partial charge in [-0.1, -0.05) is 25.1 Å². The van der Waals surface area contributed by atoms with Crippen LogP contribution < -0.4 is 5.32 Å². The molecule has 0 spiro atoms. The van der Waals surface area contributed by atoms with Gasteiger partial charge >= 0.3 is 0 Å². The molecule has 0 bridgehead atoms. The van der Waals surface area contributed by atoms with Crippen LogP contribution in [-0.4, -0.2) is 20.7 Å². The fraction of sp³-hybridized carbons (Fsp3) is 0.150. The molecule has 0 aliphatic carbocycles. The standard InChI is InChI=1S/C20H18N4O2/c1-3-18-16(12-21-24(18)15-7-5-4-6-8-15)20(25)23-14-9-10-19-17(11-14)22-13(2)26-19/h4-12H,3H2,1-2H3,(H,23,25). The van der Waals surface area contributed by atoms with Crippen molar-refractivity contribution in [2.24, 2.45) is 0 Å². The second-order valence-electron chi connectivity index (χ2n) is 5.98. The average Bonchev–Trinajstić information content (AvgIpc) is 3.24. The second-order valence-corrected chi connectivity index (χ2v) is 5.98. The third kappa shape index (κ3) is 2.86. The molecule has 0 aliphatic heterocycles. The Morgan fingerprint density at radius 1 is 1.19 bits per heavy atom. The first-order valence-electron chi connectivity index (χ1n) is 8.46. The molecular weight excluding hydrogens is 328 g/mol. The van der Waals surface area contributed by atoms with E-state index in [2.05, 4.69) is 15.4 Å². The van der Waals surface area contributed by atoms with Crippen molar-refractivity contribution in [3.05, 3.63) is 71.9 Å². The Balaban J connectivity index is 1.64. The van der Waals surface area contributed by atoms with Gasteiger partial charge in [-0.25, -0.2) is 9.67 Å². The molecule has 0 fully saturated rings. The summed E-state index contributed by atoms with van der Waals surface area (Å²) in [6, 6.07) is 15.2. The maximum absolute atomic E-state index is 12.8. The lowest BCUT2D eigenvalue weighted by Gasteiger charge is -2.08. The Kier molecular flexibility index (Phi) is 4.01. The molecule has 26 heavy (non-hydrogen) atoms. The number of nitrogens with one attached hydrogen (secondary N) is 1. The van der Waals surface area contributed by atoms with Crippen LogP contribution in [0.4, 0.5) is 5.69 Å².